The first-order valence-corrected chi connectivity index (χ1v) is 4.41. The van der Waals surface area contributed by atoms with E-state index < -0.39 is 0 Å². The van der Waals surface area contributed by atoms with Gasteiger partial charge >= 0.3 is 0 Å². The maximum absolute atomic E-state index is 10.8. The number of hydrogen-bond donors (Lipinski definition) is 3. The van der Waals surface area contributed by atoms with Gasteiger partial charge in [-0.2, -0.15) is 0 Å². The molecule has 0 aliphatic heterocycles. The number of amides is 2. The lowest BCUT2D eigenvalue weighted by Gasteiger charge is -2.12. The zero-order valence-electron chi connectivity index (χ0n) is 7.67. The van der Waals surface area contributed by atoms with Crippen molar-refractivity contribution in [2.24, 2.45) is 11.7 Å². The van der Waals surface area contributed by atoms with Crippen molar-refractivity contribution in [1.82, 2.24) is 10.9 Å². The number of nitrogens with two attached hydrogens (primary N) is 1. The van der Waals surface area contributed by atoms with Crippen LogP contribution in [0, 0.1) is 5.92 Å². The summed E-state index contributed by atoms with van der Waals surface area (Å²) in [5.41, 5.74) is 10.5. The highest BCUT2D eigenvalue weighted by molar-refractivity contribution is 6.56. The fraction of sp³-hybridized carbons (Fsp3) is 0.714. The molecule has 1 aliphatic carbocycles. The van der Waals surface area contributed by atoms with E-state index in [1.54, 1.807) is 0 Å². The summed E-state index contributed by atoms with van der Waals surface area (Å²) in [7, 11) is 1.44. The van der Waals surface area contributed by atoms with E-state index in [0.717, 1.165) is 19.3 Å². The van der Waals surface area contributed by atoms with E-state index in [2.05, 4.69) is 10.9 Å². The van der Waals surface area contributed by atoms with Crippen LogP contribution in [0.4, 0.5) is 4.79 Å². The first kappa shape index (κ1) is 10.0. The molecule has 0 aromatic rings. The number of rotatable bonds is 3. The number of hydrazine groups is 1. The Morgan fingerprint density at radius 3 is 2.54 bits per heavy atom. The second-order valence-electron chi connectivity index (χ2n) is 3.43. The minimum Gasteiger partial charge on any atom is -0.369 e. The number of hydrogen-bond acceptors (Lipinski definition) is 3. The molecule has 4 N–H and O–H groups in total. The van der Waals surface area contributed by atoms with Crippen LogP contribution in [0.15, 0.2) is 0 Å². The summed E-state index contributed by atoms with van der Waals surface area (Å²) in [5.74, 6) is -0.402. The number of carbonyl (C=O) groups is 2. The highest BCUT2D eigenvalue weighted by Crippen LogP contribution is 2.24. The van der Waals surface area contributed by atoms with Crippen LogP contribution in [-0.2, 0) is 4.79 Å². The van der Waals surface area contributed by atoms with Crippen LogP contribution in [0.25, 0.3) is 0 Å². The van der Waals surface area contributed by atoms with E-state index in [-0.39, 0.29) is 23.7 Å². The van der Waals surface area contributed by atoms with Crippen molar-refractivity contribution in [3.8, 4) is 0 Å². The molecule has 6 heteroatoms. The van der Waals surface area contributed by atoms with Crippen LogP contribution in [0.1, 0.15) is 19.3 Å². The Hall–Kier alpha value is -1.04. The molecule has 0 bridgehead atoms. The number of carbonyl (C=O) groups excluding carboxylic acids is 2. The molecule has 0 aromatic heterocycles. The molecule has 0 spiro atoms. The van der Waals surface area contributed by atoms with Gasteiger partial charge in [0, 0.05) is 12.0 Å². The summed E-state index contributed by atoms with van der Waals surface area (Å²) in [6, 6.07) is 0.182. The first-order chi connectivity index (χ1) is 6.09. The summed E-state index contributed by atoms with van der Waals surface area (Å²) < 4.78 is 0. The predicted octanol–water partition coefficient (Wildman–Crippen LogP) is -1.51. The van der Waals surface area contributed by atoms with Crippen LogP contribution in [0.3, 0.4) is 0 Å². The Balaban J connectivity index is 2.25. The van der Waals surface area contributed by atoms with Crippen molar-refractivity contribution >= 4 is 19.6 Å². The molecule has 1 saturated carbocycles. The average Bonchev–Trinajstić information content (AvgIpc) is 2.48. The minimum absolute atomic E-state index is 0.0359. The minimum atomic E-state index is -0.243. The third-order valence-corrected chi connectivity index (χ3v) is 2.29. The van der Waals surface area contributed by atoms with Crippen LogP contribution >= 0.6 is 0 Å². The topological polar surface area (TPSA) is 84.2 Å². The summed E-state index contributed by atoms with van der Waals surface area (Å²) in [6.45, 7) is 0. The third-order valence-electron chi connectivity index (χ3n) is 2.29. The second kappa shape index (κ2) is 4.27. The van der Waals surface area contributed by atoms with Gasteiger partial charge in [0.15, 0.2) is 5.81 Å². The molecule has 2 atom stereocenters. The van der Waals surface area contributed by atoms with E-state index in [0.29, 0.717) is 0 Å². The Morgan fingerprint density at radius 2 is 2.08 bits per heavy atom. The van der Waals surface area contributed by atoms with Crippen LogP contribution < -0.4 is 16.6 Å². The van der Waals surface area contributed by atoms with Crippen molar-refractivity contribution in [3.05, 3.63) is 0 Å². The largest absolute Gasteiger partial charge is 0.369 e. The lowest BCUT2D eigenvalue weighted by Crippen LogP contribution is -2.43. The molecule has 0 unspecified atom stereocenters. The second-order valence-corrected chi connectivity index (χ2v) is 3.43. The van der Waals surface area contributed by atoms with Crippen molar-refractivity contribution < 1.29 is 9.59 Å². The van der Waals surface area contributed by atoms with Gasteiger partial charge in [-0.3, -0.25) is 9.59 Å². The molecule has 0 heterocycles. The van der Waals surface area contributed by atoms with E-state index in [1.165, 1.54) is 7.85 Å². The molecule has 72 valence electrons. The van der Waals surface area contributed by atoms with Gasteiger partial charge in [-0.15, -0.1) is 0 Å². The molecule has 1 aliphatic rings. The van der Waals surface area contributed by atoms with Gasteiger partial charge < -0.3 is 11.2 Å². The highest BCUT2D eigenvalue weighted by atomic mass is 16.2. The van der Waals surface area contributed by atoms with Crippen molar-refractivity contribution in [1.29, 1.82) is 0 Å². The maximum Gasteiger partial charge on any atom is 0.220 e. The molecule has 1 rings (SSSR count). The molecular weight excluding hydrogens is 169 g/mol. The summed E-state index contributed by atoms with van der Waals surface area (Å²) in [6.07, 6.45) is 2.41. The van der Waals surface area contributed by atoms with Gasteiger partial charge in [-0.25, -0.2) is 5.43 Å². The van der Waals surface area contributed by atoms with E-state index in [4.69, 9.17) is 5.73 Å². The first-order valence-electron chi connectivity index (χ1n) is 4.41. The maximum atomic E-state index is 10.8. The van der Waals surface area contributed by atoms with Gasteiger partial charge in [-0.1, -0.05) is 0 Å². The van der Waals surface area contributed by atoms with E-state index in [1.807, 2.05) is 0 Å². The molecular formula is C7H14BN3O2. The zero-order valence-corrected chi connectivity index (χ0v) is 7.67. The van der Waals surface area contributed by atoms with Crippen molar-refractivity contribution in [2.75, 3.05) is 0 Å². The van der Waals surface area contributed by atoms with Crippen molar-refractivity contribution in [2.45, 2.75) is 25.3 Å². The van der Waals surface area contributed by atoms with Crippen LogP contribution in [0.5, 0.6) is 0 Å². The van der Waals surface area contributed by atoms with Crippen LogP contribution in [-0.4, -0.2) is 25.6 Å². The molecule has 13 heavy (non-hydrogen) atoms. The molecule has 1 fully saturated rings. The lowest BCUT2D eigenvalue weighted by molar-refractivity contribution is -0.121. The van der Waals surface area contributed by atoms with E-state index >= 15 is 0 Å². The number of primary amides is 1. The van der Waals surface area contributed by atoms with Crippen molar-refractivity contribution in [3.63, 3.8) is 0 Å². The summed E-state index contributed by atoms with van der Waals surface area (Å²) in [5, 5.41) is 0. The quantitative estimate of drug-likeness (QED) is 0.367. The van der Waals surface area contributed by atoms with Gasteiger partial charge in [0.1, 0.15) is 0 Å². The SMILES string of the molecule is BC(=O)NN[C@@H]1CC[C@H](C(N)=O)C1. The standard InChI is InChI=1S/C7H14BN3O2/c8-7(13)11-10-5-2-1-4(3-5)6(9)12/h4-5,10H,1-3,8H2,(H2,9,12)(H,11,13)/t4-,5+/m0/s1. The number of nitrogens with one attached hydrogen (secondary N) is 2. The highest BCUT2D eigenvalue weighted by Gasteiger charge is 2.28. The third kappa shape index (κ3) is 3.06. The molecule has 0 saturated heterocycles. The Kier molecular flexibility index (Phi) is 3.30. The van der Waals surface area contributed by atoms with Gasteiger partial charge in [0.25, 0.3) is 0 Å². The smallest absolute Gasteiger partial charge is 0.220 e. The molecule has 0 aromatic carbocycles. The Bertz CT molecular complexity index is 222. The Morgan fingerprint density at radius 1 is 1.38 bits per heavy atom. The lowest BCUT2D eigenvalue weighted by atomic mass is 10.1. The van der Waals surface area contributed by atoms with Crippen LogP contribution in [0.2, 0.25) is 0 Å². The average molecular weight is 183 g/mol. The Labute approximate surface area is 77.8 Å². The van der Waals surface area contributed by atoms with Gasteiger partial charge in [-0.05, 0) is 19.3 Å². The van der Waals surface area contributed by atoms with Gasteiger partial charge in [0.05, 0.1) is 0 Å². The monoisotopic (exact) mass is 183 g/mol. The van der Waals surface area contributed by atoms with E-state index in [9.17, 15) is 9.59 Å². The fourth-order valence-electron chi connectivity index (χ4n) is 1.57. The predicted molar refractivity (Wildman–Crippen MR) is 50.5 cm³/mol. The molecule has 0 radical (unpaired) electrons. The molecule has 5 nitrogen and oxygen atoms in total. The molecule has 2 amide bonds. The fourth-order valence-corrected chi connectivity index (χ4v) is 1.57. The summed E-state index contributed by atoms with van der Waals surface area (Å²) in [4.78, 5) is 21.3. The summed E-state index contributed by atoms with van der Waals surface area (Å²) >= 11 is 0. The normalized spacial score (nSPS) is 27.1. The zero-order chi connectivity index (χ0) is 9.84. The van der Waals surface area contributed by atoms with Gasteiger partial charge in [0.2, 0.25) is 13.8 Å².